The normalized spacial score (nSPS) is 12.2. The van der Waals surface area contributed by atoms with Gasteiger partial charge in [-0.2, -0.15) is 0 Å². The monoisotopic (exact) mass is 368 g/mol. The molecule has 0 saturated heterocycles. The van der Waals surface area contributed by atoms with Crippen LogP contribution in [0.3, 0.4) is 0 Å². The van der Waals surface area contributed by atoms with E-state index in [1.807, 2.05) is 50.2 Å². The van der Waals surface area contributed by atoms with Gasteiger partial charge in [-0.1, -0.05) is 50.2 Å². The van der Waals surface area contributed by atoms with Gasteiger partial charge in [-0.3, -0.25) is 0 Å². The Morgan fingerprint density at radius 1 is 1.08 bits per heavy atom. The Morgan fingerprint density at radius 3 is 2.33 bits per heavy atom. The fraction of sp³-hybridized carbons (Fsp3) is 0.333. The van der Waals surface area contributed by atoms with Crippen LogP contribution in [0.1, 0.15) is 25.0 Å². The van der Waals surface area contributed by atoms with Crippen molar-refractivity contribution in [3.63, 3.8) is 0 Å². The number of halogens is 1. The van der Waals surface area contributed by atoms with E-state index < -0.39 is 9.05 Å². The van der Waals surface area contributed by atoms with E-state index in [2.05, 4.69) is 0 Å². The Balaban J connectivity index is 2.16. The van der Waals surface area contributed by atoms with Crippen LogP contribution in [0.4, 0.5) is 0 Å². The van der Waals surface area contributed by atoms with Gasteiger partial charge in [0.15, 0.2) is 0 Å². The summed E-state index contributed by atoms with van der Waals surface area (Å²) in [4.78, 5) is -0.0275. The van der Waals surface area contributed by atoms with Crippen molar-refractivity contribution in [3.8, 4) is 5.75 Å². The molecular weight excluding hydrogens is 348 g/mol. The maximum atomic E-state index is 11.7. The lowest BCUT2D eigenvalue weighted by atomic mass is 9.85. The molecule has 0 aliphatic rings. The Labute approximate surface area is 147 Å². The third-order valence-electron chi connectivity index (χ3n) is 3.78. The maximum Gasteiger partial charge on any atom is 0.264 e. The molecule has 2 rings (SSSR count). The predicted molar refractivity (Wildman–Crippen MR) is 95.2 cm³/mol. The van der Waals surface area contributed by atoms with E-state index in [1.165, 1.54) is 7.11 Å². The van der Waals surface area contributed by atoms with Crippen LogP contribution < -0.4 is 4.74 Å². The minimum atomic E-state index is -3.89. The average molecular weight is 369 g/mol. The van der Waals surface area contributed by atoms with E-state index in [4.69, 9.17) is 20.2 Å². The zero-order valence-electron chi connectivity index (χ0n) is 14.0. The Morgan fingerprint density at radius 2 is 1.75 bits per heavy atom. The molecule has 2 aromatic rings. The van der Waals surface area contributed by atoms with Gasteiger partial charge in [0.05, 0.1) is 20.3 Å². The summed E-state index contributed by atoms with van der Waals surface area (Å²) in [5, 5.41) is 0. The van der Waals surface area contributed by atoms with Crippen molar-refractivity contribution < 1.29 is 17.9 Å². The van der Waals surface area contributed by atoms with E-state index in [-0.39, 0.29) is 16.1 Å². The maximum absolute atomic E-state index is 11.7. The first-order chi connectivity index (χ1) is 11.2. The van der Waals surface area contributed by atoms with Gasteiger partial charge in [0.2, 0.25) is 0 Å². The first kappa shape index (κ1) is 18.8. The summed E-state index contributed by atoms with van der Waals surface area (Å²) in [5.74, 6) is 0.231. The van der Waals surface area contributed by atoms with E-state index in [9.17, 15) is 8.42 Å². The average Bonchev–Trinajstić information content (AvgIpc) is 2.54. The third-order valence-corrected chi connectivity index (χ3v) is 5.13. The molecule has 0 N–H and O–H groups in total. The van der Waals surface area contributed by atoms with Gasteiger partial charge in [0, 0.05) is 16.1 Å². The van der Waals surface area contributed by atoms with Crippen molar-refractivity contribution in [2.24, 2.45) is 0 Å². The largest absolute Gasteiger partial charge is 0.495 e. The first-order valence-corrected chi connectivity index (χ1v) is 9.80. The summed E-state index contributed by atoms with van der Waals surface area (Å²) < 4.78 is 34.4. The van der Waals surface area contributed by atoms with Crippen LogP contribution >= 0.6 is 10.7 Å². The standard InChI is InChI=1S/C18H21ClO4S/c1-18(2,13-23-12-14-7-5-4-6-8-14)15-9-10-16(22-3)17(11-15)24(19,20)21/h4-11H,12-13H2,1-3H3. The number of hydrogen-bond donors (Lipinski definition) is 0. The molecule has 0 saturated carbocycles. The molecule has 24 heavy (non-hydrogen) atoms. The van der Waals surface area contributed by atoms with Gasteiger partial charge in [-0.05, 0) is 23.3 Å². The predicted octanol–water partition coefficient (Wildman–Crippen LogP) is 4.12. The third kappa shape index (κ3) is 4.72. The number of rotatable bonds is 7. The summed E-state index contributed by atoms with van der Waals surface area (Å²) in [7, 11) is 3.04. The SMILES string of the molecule is COc1ccc(C(C)(C)COCc2ccccc2)cc1S(=O)(=O)Cl. The molecule has 0 heterocycles. The van der Waals surface area contributed by atoms with E-state index in [1.54, 1.807) is 12.1 Å². The smallest absolute Gasteiger partial charge is 0.264 e. The molecule has 0 aliphatic carbocycles. The van der Waals surface area contributed by atoms with Gasteiger partial charge >= 0.3 is 0 Å². The van der Waals surface area contributed by atoms with Crippen LogP contribution in [0.15, 0.2) is 53.4 Å². The van der Waals surface area contributed by atoms with E-state index in [0.29, 0.717) is 13.2 Å². The van der Waals surface area contributed by atoms with Gasteiger partial charge in [0.25, 0.3) is 9.05 Å². The molecule has 4 nitrogen and oxygen atoms in total. The second-order valence-corrected chi connectivity index (χ2v) is 8.70. The zero-order chi connectivity index (χ0) is 17.8. The summed E-state index contributed by atoms with van der Waals surface area (Å²) in [6, 6.07) is 14.9. The second kappa shape index (κ2) is 7.55. The highest BCUT2D eigenvalue weighted by molar-refractivity contribution is 8.13. The quantitative estimate of drug-likeness (QED) is 0.690. The summed E-state index contributed by atoms with van der Waals surface area (Å²) in [6.07, 6.45) is 0. The second-order valence-electron chi connectivity index (χ2n) is 6.17. The number of ether oxygens (including phenoxy) is 2. The lowest BCUT2D eigenvalue weighted by Crippen LogP contribution is -2.24. The van der Waals surface area contributed by atoms with Gasteiger partial charge in [-0.25, -0.2) is 8.42 Å². The van der Waals surface area contributed by atoms with Gasteiger partial charge in [0.1, 0.15) is 10.6 Å². The van der Waals surface area contributed by atoms with Crippen molar-refractivity contribution in [1.82, 2.24) is 0 Å². The molecule has 2 aromatic carbocycles. The van der Waals surface area contributed by atoms with Gasteiger partial charge in [-0.15, -0.1) is 0 Å². The summed E-state index contributed by atoms with van der Waals surface area (Å²) in [6.45, 7) is 4.92. The molecule has 0 atom stereocenters. The molecule has 0 aliphatic heterocycles. The fourth-order valence-corrected chi connectivity index (χ4v) is 3.39. The minimum Gasteiger partial charge on any atom is -0.495 e. The van der Waals surface area contributed by atoms with Crippen LogP contribution in [-0.4, -0.2) is 22.1 Å². The Hall–Kier alpha value is -1.56. The van der Waals surface area contributed by atoms with Crippen LogP contribution in [0.25, 0.3) is 0 Å². The number of methoxy groups -OCH3 is 1. The van der Waals surface area contributed by atoms with Crippen molar-refractivity contribution >= 4 is 19.7 Å². The highest BCUT2D eigenvalue weighted by Gasteiger charge is 2.25. The van der Waals surface area contributed by atoms with Crippen LogP contribution in [0.2, 0.25) is 0 Å². The molecular formula is C18H21ClO4S. The summed E-state index contributed by atoms with van der Waals surface area (Å²) in [5.41, 5.74) is 1.53. The van der Waals surface area contributed by atoms with Crippen LogP contribution in [-0.2, 0) is 25.8 Å². The minimum absolute atomic E-state index is 0.0275. The first-order valence-electron chi connectivity index (χ1n) is 7.49. The molecule has 130 valence electrons. The molecule has 0 unspecified atom stereocenters. The van der Waals surface area contributed by atoms with Crippen LogP contribution in [0, 0.1) is 0 Å². The molecule has 0 bridgehead atoms. The van der Waals surface area contributed by atoms with Crippen molar-refractivity contribution in [2.75, 3.05) is 13.7 Å². The topological polar surface area (TPSA) is 52.6 Å². The Bertz CT molecular complexity index is 786. The van der Waals surface area contributed by atoms with E-state index in [0.717, 1.165) is 11.1 Å². The van der Waals surface area contributed by atoms with Gasteiger partial charge < -0.3 is 9.47 Å². The number of hydrogen-bond acceptors (Lipinski definition) is 4. The Kier molecular flexibility index (Phi) is 5.91. The molecule has 0 spiro atoms. The molecule has 0 radical (unpaired) electrons. The van der Waals surface area contributed by atoms with Crippen molar-refractivity contribution in [2.45, 2.75) is 30.8 Å². The number of benzene rings is 2. The van der Waals surface area contributed by atoms with Crippen molar-refractivity contribution in [3.05, 3.63) is 59.7 Å². The lowest BCUT2D eigenvalue weighted by molar-refractivity contribution is 0.0824. The zero-order valence-corrected chi connectivity index (χ0v) is 15.5. The lowest BCUT2D eigenvalue weighted by Gasteiger charge is -2.26. The summed E-state index contributed by atoms with van der Waals surface area (Å²) >= 11 is 0. The highest BCUT2D eigenvalue weighted by Crippen LogP contribution is 2.33. The molecule has 0 aromatic heterocycles. The molecule has 0 amide bonds. The van der Waals surface area contributed by atoms with E-state index >= 15 is 0 Å². The highest BCUT2D eigenvalue weighted by atomic mass is 35.7. The van der Waals surface area contributed by atoms with Crippen LogP contribution in [0.5, 0.6) is 5.75 Å². The molecule has 6 heteroatoms. The molecule has 0 fully saturated rings. The fourth-order valence-electron chi connectivity index (χ4n) is 2.37. The van der Waals surface area contributed by atoms with Crippen molar-refractivity contribution in [1.29, 1.82) is 0 Å².